The molecule has 3 aromatic carbocycles. The number of aryl methyl sites for hydroxylation is 1. The van der Waals surface area contributed by atoms with Crippen LogP contribution in [0.4, 0.5) is 0 Å². The van der Waals surface area contributed by atoms with Gasteiger partial charge in [-0.1, -0.05) is 84.4 Å². The van der Waals surface area contributed by atoms with Crippen LogP contribution in [-0.4, -0.2) is 27.3 Å². The van der Waals surface area contributed by atoms with E-state index in [-0.39, 0.29) is 18.1 Å². The topological polar surface area (TPSA) is 65.0 Å². The standard InChI is InChI=1S/C24H25NO4S/c1-3-24(22-13-11-21(12-14-22)20-7-5-4-6-8-20)25-28-17-18-29-30(26,27)23-15-9-19(2)10-16-23/h4-16H,3,17-18H2,1-2H3/b25-24-. The Balaban J connectivity index is 1.55. The Labute approximate surface area is 178 Å². The van der Waals surface area contributed by atoms with Crippen LogP contribution >= 0.6 is 0 Å². The number of rotatable bonds is 9. The number of hydrogen-bond acceptors (Lipinski definition) is 5. The van der Waals surface area contributed by atoms with Crippen LogP contribution in [0.15, 0.2) is 88.9 Å². The van der Waals surface area contributed by atoms with Gasteiger partial charge < -0.3 is 4.84 Å². The summed E-state index contributed by atoms with van der Waals surface area (Å²) in [5.74, 6) is 0. The van der Waals surface area contributed by atoms with Crippen molar-refractivity contribution in [1.82, 2.24) is 0 Å². The first-order chi connectivity index (χ1) is 14.5. The number of hydrogen-bond donors (Lipinski definition) is 0. The third kappa shape index (κ3) is 5.78. The Morgan fingerprint density at radius 1 is 0.833 bits per heavy atom. The maximum absolute atomic E-state index is 12.2. The molecule has 0 fully saturated rings. The zero-order chi connectivity index (χ0) is 21.4. The molecule has 5 nitrogen and oxygen atoms in total. The van der Waals surface area contributed by atoms with Crippen LogP contribution in [0.25, 0.3) is 11.1 Å². The Hall–Kier alpha value is -2.96. The van der Waals surface area contributed by atoms with Crippen molar-refractivity contribution in [2.75, 3.05) is 13.2 Å². The van der Waals surface area contributed by atoms with E-state index >= 15 is 0 Å². The smallest absolute Gasteiger partial charge is 0.297 e. The van der Waals surface area contributed by atoms with Crippen LogP contribution in [0.2, 0.25) is 0 Å². The second kappa shape index (κ2) is 10.2. The summed E-state index contributed by atoms with van der Waals surface area (Å²) >= 11 is 0. The maximum atomic E-state index is 12.2. The highest BCUT2D eigenvalue weighted by Gasteiger charge is 2.14. The van der Waals surface area contributed by atoms with E-state index in [0.29, 0.717) is 6.42 Å². The molecule has 0 aromatic heterocycles. The lowest BCUT2D eigenvalue weighted by molar-refractivity contribution is 0.109. The molecule has 0 saturated carbocycles. The fraction of sp³-hybridized carbons (Fsp3) is 0.208. The molecule has 0 aliphatic carbocycles. The summed E-state index contributed by atoms with van der Waals surface area (Å²) in [6.07, 6.45) is 0.688. The molecule has 0 unspecified atom stereocenters. The van der Waals surface area contributed by atoms with Crippen LogP contribution in [0.3, 0.4) is 0 Å². The minimum atomic E-state index is -3.80. The highest BCUT2D eigenvalue weighted by molar-refractivity contribution is 7.86. The molecule has 0 bridgehead atoms. The van der Waals surface area contributed by atoms with Crippen LogP contribution in [0.1, 0.15) is 24.5 Å². The Bertz CT molecular complexity index is 1070. The third-order valence-corrected chi connectivity index (χ3v) is 5.88. The zero-order valence-corrected chi connectivity index (χ0v) is 17.9. The minimum absolute atomic E-state index is 0.0384. The average Bonchev–Trinajstić information content (AvgIpc) is 2.77. The first kappa shape index (κ1) is 21.7. The second-order valence-electron chi connectivity index (χ2n) is 6.76. The molecule has 3 aromatic rings. The fourth-order valence-corrected chi connectivity index (χ4v) is 3.78. The van der Waals surface area contributed by atoms with Crippen molar-refractivity contribution in [3.8, 4) is 11.1 Å². The molecule has 0 aliphatic heterocycles. The summed E-state index contributed by atoms with van der Waals surface area (Å²) in [5.41, 5.74) is 5.02. The largest absolute Gasteiger partial charge is 0.393 e. The summed E-state index contributed by atoms with van der Waals surface area (Å²) in [4.78, 5) is 5.43. The van der Waals surface area contributed by atoms with Gasteiger partial charge in [0.05, 0.1) is 10.6 Å². The summed E-state index contributed by atoms with van der Waals surface area (Å²) in [5, 5.41) is 4.16. The monoisotopic (exact) mass is 423 g/mol. The molecule has 0 aliphatic rings. The molecule has 0 radical (unpaired) electrons. The van der Waals surface area contributed by atoms with Crippen LogP contribution in [0, 0.1) is 6.92 Å². The number of benzene rings is 3. The van der Waals surface area contributed by atoms with Crippen molar-refractivity contribution in [3.05, 3.63) is 90.0 Å². The molecule has 0 saturated heterocycles. The van der Waals surface area contributed by atoms with Crippen LogP contribution < -0.4 is 0 Å². The predicted octanol–water partition coefficient (Wildman–Crippen LogP) is 5.20. The molecule has 0 atom stereocenters. The Kier molecular flexibility index (Phi) is 7.38. The van der Waals surface area contributed by atoms with E-state index in [1.165, 1.54) is 12.1 Å². The van der Waals surface area contributed by atoms with Gasteiger partial charge in [-0.25, -0.2) is 0 Å². The van der Waals surface area contributed by atoms with Gasteiger partial charge >= 0.3 is 0 Å². The van der Waals surface area contributed by atoms with E-state index in [9.17, 15) is 8.42 Å². The van der Waals surface area contributed by atoms with Crippen molar-refractivity contribution in [3.63, 3.8) is 0 Å². The molecule has 156 valence electrons. The zero-order valence-electron chi connectivity index (χ0n) is 17.1. The van der Waals surface area contributed by atoms with Gasteiger partial charge in [0.25, 0.3) is 10.1 Å². The average molecular weight is 424 g/mol. The van der Waals surface area contributed by atoms with Gasteiger partial charge in [-0.15, -0.1) is 0 Å². The molecule has 6 heteroatoms. The van der Waals surface area contributed by atoms with Crippen molar-refractivity contribution in [1.29, 1.82) is 0 Å². The molecular weight excluding hydrogens is 398 g/mol. The fourth-order valence-electron chi connectivity index (χ4n) is 2.88. The molecule has 30 heavy (non-hydrogen) atoms. The molecular formula is C24H25NO4S. The van der Waals surface area contributed by atoms with Gasteiger partial charge in [0.2, 0.25) is 0 Å². The summed E-state index contributed by atoms with van der Waals surface area (Å²) in [6.45, 7) is 3.82. The summed E-state index contributed by atoms with van der Waals surface area (Å²) in [7, 11) is -3.80. The van der Waals surface area contributed by atoms with Crippen molar-refractivity contribution >= 4 is 15.8 Å². The predicted molar refractivity (Wildman–Crippen MR) is 119 cm³/mol. The molecule has 3 rings (SSSR count). The SMILES string of the molecule is CC/C(=N/OCCOS(=O)(=O)c1ccc(C)cc1)c1ccc(-c2ccccc2)cc1. The first-order valence-electron chi connectivity index (χ1n) is 9.80. The van der Waals surface area contributed by atoms with Gasteiger partial charge in [0.1, 0.15) is 13.2 Å². The number of nitrogens with zero attached hydrogens (tertiary/aromatic N) is 1. The number of oxime groups is 1. The first-order valence-corrected chi connectivity index (χ1v) is 11.2. The van der Waals surface area contributed by atoms with E-state index < -0.39 is 10.1 Å². The lowest BCUT2D eigenvalue weighted by Crippen LogP contribution is -2.11. The van der Waals surface area contributed by atoms with Crippen LogP contribution in [-0.2, 0) is 19.1 Å². The van der Waals surface area contributed by atoms with E-state index in [1.807, 2.05) is 56.3 Å². The minimum Gasteiger partial charge on any atom is -0.393 e. The highest BCUT2D eigenvalue weighted by atomic mass is 32.2. The molecule has 0 amide bonds. The van der Waals surface area contributed by atoms with E-state index in [1.54, 1.807) is 12.1 Å². The van der Waals surface area contributed by atoms with Crippen molar-refractivity contribution < 1.29 is 17.4 Å². The Morgan fingerprint density at radius 3 is 2.10 bits per heavy atom. The van der Waals surface area contributed by atoms with Gasteiger partial charge in [0.15, 0.2) is 0 Å². The van der Waals surface area contributed by atoms with Crippen molar-refractivity contribution in [2.24, 2.45) is 5.16 Å². The normalized spacial score (nSPS) is 12.0. The molecule has 0 spiro atoms. The van der Waals surface area contributed by atoms with E-state index in [2.05, 4.69) is 17.3 Å². The van der Waals surface area contributed by atoms with E-state index in [4.69, 9.17) is 9.02 Å². The highest BCUT2D eigenvalue weighted by Crippen LogP contribution is 2.20. The summed E-state index contributed by atoms with van der Waals surface area (Å²) < 4.78 is 29.3. The lowest BCUT2D eigenvalue weighted by Gasteiger charge is -2.08. The molecule has 0 heterocycles. The van der Waals surface area contributed by atoms with E-state index in [0.717, 1.165) is 28.0 Å². The second-order valence-corrected chi connectivity index (χ2v) is 8.37. The van der Waals surface area contributed by atoms with Gasteiger partial charge in [-0.3, -0.25) is 4.18 Å². The Morgan fingerprint density at radius 2 is 1.47 bits per heavy atom. The van der Waals surface area contributed by atoms with Crippen molar-refractivity contribution in [2.45, 2.75) is 25.2 Å². The summed E-state index contributed by atoms with van der Waals surface area (Å²) in [6, 6.07) is 24.8. The maximum Gasteiger partial charge on any atom is 0.297 e. The lowest BCUT2D eigenvalue weighted by atomic mass is 10.0. The van der Waals surface area contributed by atoms with Crippen LogP contribution in [0.5, 0.6) is 0 Å². The third-order valence-electron chi connectivity index (χ3n) is 4.56. The van der Waals surface area contributed by atoms with Gasteiger partial charge in [0, 0.05) is 0 Å². The molecule has 0 N–H and O–H groups in total. The van der Waals surface area contributed by atoms with Gasteiger partial charge in [-0.2, -0.15) is 8.42 Å². The van der Waals surface area contributed by atoms with Gasteiger partial charge in [-0.05, 0) is 42.2 Å². The quantitative estimate of drug-likeness (QED) is 0.205.